The van der Waals surface area contributed by atoms with Crippen LogP contribution in [-0.2, 0) is 6.18 Å². The quantitative estimate of drug-likeness (QED) is 0.681. The molecule has 1 aliphatic heterocycles. The lowest BCUT2D eigenvalue weighted by atomic mass is 10.0. The summed E-state index contributed by atoms with van der Waals surface area (Å²) in [7, 11) is 0. The molecule has 10 heteroatoms. The zero-order valence-electron chi connectivity index (χ0n) is 16.6. The largest absolute Gasteiger partial charge is 0.416 e. The molecule has 3 aromatic rings. The first-order valence-corrected chi connectivity index (χ1v) is 9.46. The molecule has 1 N–H and O–H groups in total. The van der Waals surface area contributed by atoms with Gasteiger partial charge in [-0.1, -0.05) is 6.07 Å². The monoisotopic (exact) mass is 429 g/mol. The number of carbonyl (C=O) groups is 2. The van der Waals surface area contributed by atoms with Crippen LogP contribution >= 0.6 is 0 Å². The van der Waals surface area contributed by atoms with Crippen molar-refractivity contribution in [3.63, 3.8) is 0 Å². The van der Waals surface area contributed by atoms with E-state index in [2.05, 4.69) is 15.4 Å². The number of pyridine rings is 1. The first-order chi connectivity index (χ1) is 14.7. The van der Waals surface area contributed by atoms with Gasteiger partial charge >= 0.3 is 6.18 Å². The molecular formula is C21H18F3N5O2. The van der Waals surface area contributed by atoms with E-state index in [-0.39, 0.29) is 29.4 Å². The topological polar surface area (TPSA) is 80.1 Å². The Morgan fingerprint density at radius 3 is 2.65 bits per heavy atom. The third-order valence-electron chi connectivity index (χ3n) is 5.09. The van der Waals surface area contributed by atoms with E-state index in [0.717, 1.165) is 6.07 Å². The van der Waals surface area contributed by atoms with Crippen molar-refractivity contribution in [3.8, 4) is 0 Å². The van der Waals surface area contributed by atoms with Gasteiger partial charge in [0, 0.05) is 18.4 Å². The van der Waals surface area contributed by atoms with Crippen LogP contribution in [0.5, 0.6) is 0 Å². The van der Waals surface area contributed by atoms with E-state index in [0.29, 0.717) is 11.5 Å². The summed E-state index contributed by atoms with van der Waals surface area (Å²) in [6, 6.07) is 8.28. The van der Waals surface area contributed by atoms with E-state index < -0.39 is 23.6 Å². The number of aryl methyl sites for hydroxylation is 1. The molecule has 0 aliphatic carbocycles. The summed E-state index contributed by atoms with van der Waals surface area (Å²) in [6.07, 6.45) is -1.65. The van der Waals surface area contributed by atoms with Gasteiger partial charge in [0.2, 0.25) is 0 Å². The molecule has 2 aromatic heterocycles. The predicted octanol–water partition coefficient (Wildman–Crippen LogP) is 4.08. The number of halogens is 3. The number of anilines is 2. The third-order valence-corrected chi connectivity index (χ3v) is 5.09. The Bertz CT molecular complexity index is 1160. The highest BCUT2D eigenvalue weighted by atomic mass is 19.4. The number of alkyl halides is 3. The minimum Gasteiger partial charge on any atom is -0.306 e. The van der Waals surface area contributed by atoms with Crippen LogP contribution < -0.4 is 10.2 Å². The second kappa shape index (κ2) is 7.53. The Morgan fingerprint density at radius 2 is 2.00 bits per heavy atom. The first-order valence-electron chi connectivity index (χ1n) is 9.46. The van der Waals surface area contributed by atoms with Crippen molar-refractivity contribution in [2.75, 3.05) is 16.8 Å². The molecular weight excluding hydrogens is 411 g/mol. The lowest BCUT2D eigenvalue weighted by molar-refractivity contribution is -0.138. The summed E-state index contributed by atoms with van der Waals surface area (Å²) >= 11 is 0. The molecule has 1 aromatic carbocycles. The molecule has 0 radical (unpaired) electrons. The smallest absolute Gasteiger partial charge is 0.306 e. The number of nitrogens with zero attached hydrogens (tertiary/aromatic N) is 4. The first kappa shape index (κ1) is 20.6. The number of hydrogen-bond acceptors (Lipinski definition) is 4. The van der Waals surface area contributed by atoms with E-state index >= 15 is 0 Å². The van der Waals surface area contributed by atoms with Crippen molar-refractivity contribution < 1.29 is 22.8 Å². The van der Waals surface area contributed by atoms with Gasteiger partial charge < -0.3 is 10.2 Å². The Morgan fingerprint density at radius 1 is 1.23 bits per heavy atom. The minimum absolute atomic E-state index is 0.0117. The molecule has 3 heterocycles. The van der Waals surface area contributed by atoms with Crippen molar-refractivity contribution in [1.82, 2.24) is 14.8 Å². The zero-order valence-corrected chi connectivity index (χ0v) is 16.6. The zero-order chi connectivity index (χ0) is 22.3. The summed E-state index contributed by atoms with van der Waals surface area (Å²) in [5.74, 6) is -0.745. The molecule has 1 aliphatic rings. The van der Waals surface area contributed by atoms with Crippen molar-refractivity contribution >= 4 is 23.3 Å². The number of aromatic nitrogens is 3. The highest BCUT2D eigenvalue weighted by Crippen LogP contribution is 2.35. The van der Waals surface area contributed by atoms with Gasteiger partial charge in [-0.3, -0.25) is 14.3 Å². The number of nitrogens with one attached hydrogen (secondary N) is 1. The number of fused-ring (bicyclic) bond motifs is 1. The maximum atomic E-state index is 13.2. The van der Waals surface area contributed by atoms with Gasteiger partial charge in [0.05, 0.1) is 23.4 Å². The summed E-state index contributed by atoms with van der Waals surface area (Å²) in [4.78, 5) is 31.4. The summed E-state index contributed by atoms with van der Waals surface area (Å²) < 4.78 is 40.7. The molecule has 160 valence electrons. The van der Waals surface area contributed by atoms with E-state index in [9.17, 15) is 22.8 Å². The fourth-order valence-corrected chi connectivity index (χ4v) is 3.60. The molecule has 0 spiro atoms. The van der Waals surface area contributed by atoms with Gasteiger partial charge in [-0.25, -0.2) is 4.98 Å². The van der Waals surface area contributed by atoms with E-state index in [4.69, 9.17) is 0 Å². The summed E-state index contributed by atoms with van der Waals surface area (Å²) in [5.41, 5.74) is -0.279. The van der Waals surface area contributed by atoms with Crippen molar-refractivity contribution in [2.24, 2.45) is 0 Å². The van der Waals surface area contributed by atoms with E-state index in [1.54, 1.807) is 18.2 Å². The summed E-state index contributed by atoms with van der Waals surface area (Å²) in [5, 5.41) is 6.80. The molecule has 0 saturated heterocycles. The Hall–Kier alpha value is -3.69. The molecule has 2 amide bonds. The molecule has 31 heavy (non-hydrogen) atoms. The highest BCUT2D eigenvalue weighted by Gasteiger charge is 2.37. The SMILES string of the molecule is Cc1cc(N2C[C@H](C)n3ncc(C(=O)Nc4ccccn4)c3C2=O)ccc1C(F)(F)F. The molecule has 1 atom stereocenters. The number of hydrogen-bond donors (Lipinski definition) is 1. The lowest BCUT2D eigenvalue weighted by Gasteiger charge is -2.32. The third kappa shape index (κ3) is 3.76. The number of benzene rings is 1. The predicted molar refractivity (Wildman–Crippen MR) is 107 cm³/mol. The van der Waals surface area contributed by atoms with Gasteiger partial charge in [0.25, 0.3) is 11.8 Å². The lowest BCUT2D eigenvalue weighted by Crippen LogP contribution is -2.43. The fourth-order valence-electron chi connectivity index (χ4n) is 3.60. The molecule has 0 fully saturated rings. The van der Waals surface area contributed by atoms with E-state index in [1.165, 1.54) is 41.0 Å². The fraction of sp³-hybridized carbons (Fsp3) is 0.238. The van der Waals surface area contributed by atoms with Crippen LogP contribution in [-0.4, -0.2) is 33.1 Å². The van der Waals surface area contributed by atoms with Crippen LogP contribution in [0.3, 0.4) is 0 Å². The number of carbonyl (C=O) groups excluding carboxylic acids is 2. The van der Waals surface area contributed by atoms with Gasteiger partial charge in [-0.15, -0.1) is 0 Å². The van der Waals surface area contributed by atoms with Crippen LogP contribution in [0.25, 0.3) is 0 Å². The molecule has 7 nitrogen and oxygen atoms in total. The molecule has 0 bridgehead atoms. The Kier molecular flexibility index (Phi) is 5.00. The standard InChI is InChI=1S/C21H18F3N5O2/c1-12-9-14(6-7-16(12)21(22,23)24)28-11-13(2)29-18(20(28)31)15(10-26-29)19(30)27-17-5-3-4-8-25-17/h3-10,13H,11H2,1-2H3,(H,25,27,30)/t13-/m0/s1. The van der Waals surface area contributed by atoms with Crippen LogP contribution in [0, 0.1) is 6.92 Å². The highest BCUT2D eigenvalue weighted by molar-refractivity contribution is 6.15. The maximum Gasteiger partial charge on any atom is 0.416 e. The van der Waals surface area contributed by atoms with Crippen LogP contribution in [0.1, 0.15) is 44.9 Å². The normalized spacial score (nSPS) is 16.2. The minimum atomic E-state index is -4.48. The van der Waals surface area contributed by atoms with Gasteiger partial charge in [0.15, 0.2) is 0 Å². The molecule has 4 rings (SSSR count). The van der Waals surface area contributed by atoms with Crippen molar-refractivity contribution in [3.05, 3.63) is 71.2 Å². The number of amides is 2. The second-order valence-electron chi connectivity index (χ2n) is 7.28. The molecule has 0 unspecified atom stereocenters. The molecule has 0 saturated carbocycles. The van der Waals surface area contributed by atoms with Gasteiger partial charge in [-0.05, 0) is 49.7 Å². The summed E-state index contributed by atoms with van der Waals surface area (Å²) in [6.45, 7) is 3.37. The van der Waals surface area contributed by atoms with Crippen LogP contribution in [0.15, 0.2) is 48.8 Å². The average molecular weight is 429 g/mol. The van der Waals surface area contributed by atoms with Crippen molar-refractivity contribution in [1.29, 1.82) is 0 Å². The van der Waals surface area contributed by atoms with Crippen LogP contribution in [0.2, 0.25) is 0 Å². The Labute approximate surface area is 175 Å². The number of rotatable bonds is 3. The van der Waals surface area contributed by atoms with E-state index in [1.807, 2.05) is 6.92 Å². The maximum absolute atomic E-state index is 13.2. The van der Waals surface area contributed by atoms with Gasteiger partial charge in [-0.2, -0.15) is 18.3 Å². The Balaban J connectivity index is 1.68. The van der Waals surface area contributed by atoms with Crippen LogP contribution in [0.4, 0.5) is 24.7 Å². The second-order valence-corrected chi connectivity index (χ2v) is 7.28. The average Bonchev–Trinajstić information content (AvgIpc) is 3.17. The van der Waals surface area contributed by atoms with Crippen molar-refractivity contribution in [2.45, 2.75) is 26.1 Å². The van der Waals surface area contributed by atoms with Gasteiger partial charge in [0.1, 0.15) is 11.5 Å².